The molecule has 1 aliphatic heterocycles. The second kappa shape index (κ2) is 9.32. The van der Waals surface area contributed by atoms with Crippen molar-refractivity contribution in [3.63, 3.8) is 0 Å². The Morgan fingerprint density at radius 1 is 1.04 bits per heavy atom. The summed E-state index contributed by atoms with van der Waals surface area (Å²) in [5.41, 5.74) is 4.73. The summed E-state index contributed by atoms with van der Waals surface area (Å²) in [4.78, 5) is 0. The topological polar surface area (TPSA) is 27.7 Å². The minimum absolute atomic E-state index is 0.158. The Balaban J connectivity index is 1.34. The third-order valence-corrected chi connectivity index (χ3v) is 4.83. The number of rotatable bonds is 9. The Bertz CT molecular complexity index is 719. The number of hydrogen-bond donors (Lipinski definition) is 0. The molecule has 1 saturated heterocycles. The Hall–Kier alpha value is -1.94. The van der Waals surface area contributed by atoms with Crippen molar-refractivity contribution in [1.29, 1.82) is 0 Å². The third kappa shape index (κ3) is 6.03. The van der Waals surface area contributed by atoms with E-state index >= 15 is 0 Å². The first-order valence-electron chi connectivity index (χ1n) is 9.77. The monoisotopic (exact) mass is 366 g/mol. The predicted octanol–water partition coefficient (Wildman–Crippen LogP) is 5.24. The standard InChI is InChI=1S/C24H30O3/c1-19(21-9-5-4-6-10-21)22-13-11-20(12-14-22)8-7-16-25-17-15-23-18-26-24(2,3)27-23/h4-6,9-14,23H,1,7-8,15-18H2,2-3H3. The van der Waals surface area contributed by atoms with Crippen molar-refractivity contribution >= 4 is 5.57 Å². The number of hydrogen-bond acceptors (Lipinski definition) is 3. The van der Waals surface area contributed by atoms with E-state index in [-0.39, 0.29) is 6.10 Å². The van der Waals surface area contributed by atoms with Gasteiger partial charge in [0.25, 0.3) is 0 Å². The molecule has 0 spiro atoms. The summed E-state index contributed by atoms with van der Waals surface area (Å²) < 4.78 is 17.1. The molecule has 1 aliphatic rings. The SMILES string of the molecule is C=C(c1ccccc1)c1ccc(CCCOCCC2COC(C)(C)O2)cc1. The van der Waals surface area contributed by atoms with E-state index in [2.05, 4.69) is 43.0 Å². The molecular weight excluding hydrogens is 336 g/mol. The van der Waals surface area contributed by atoms with Gasteiger partial charge in [-0.05, 0) is 55.4 Å². The molecule has 144 valence electrons. The van der Waals surface area contributed by atoms with Crippen LogP contribution in [0, 0.1) is 0 Å². The van der Waals surface area contributed by atoms with Crippen molar-refractivity contribution < 1.29 is 14.2 Å². The first-order valence-corrected chi connectivity index (χ1v) is 9.77. The zero-order valence-electron chi connectivity index (χ0n) is 16.4. The zero-order chi connectivity index (χ0) is 19.1. The van der Waals surface area contributed by atoms with E-state index in [9.17, 15) is 0 Å². The number of ether oxygens (including phenoxy) is 3. The summed E-state index contributed by atoms with van der Waals surface area (Å²) in [5, 5.41) is 0. The average molecular weight is 367 g/mol. The summed E-state index contributed by atoms with van der Waals surface area (Å²) in [7, 11) is 0. The van der Waals surface area contributed by atoms with Crippen LogP contribution in [0.3, 0.4) is 0 Å². The van der Waals surface area contributed by atoms with E-state index in [1.807, 2.05) is 32.0 Å². The van der Waals surface area contributed by atoms with Crippen LogP contribution < -0.4 is 0 Å². The van der Waals surface area contributed by atoms with Gasteiger partial charge in [0.05, 0.1) is 12.7 Å². The highest BCUT2D eigenvalue weighted by Crippen LogP contribution is 2.24. The first-order chi connectivity index (χ1) is 13.0. The molecule has 0 aliphatic carbocycles. The van der Waals surface area contributed by atoms with Gasteiger partial charge in [-0.1, -0.05) is 61.2 Å². The molecule has 0 radical (unpaired) electrons. The van der Waals surface area contributed by atoms with Gasteiger partial charge in [-0.15, -0.1) is 0 Å². The van der Waals surface area contributed by atoms with Crippen LogP contribution in [-0.2, 0) is 20.6 Å². The number of aryl methyl sites for hydroxylation is 1. The second-order valence-electron chi connectivity index (χ2n) is 7.50. The van der Waals surface area contributed by atoms with Gasteiger partial charge in [0.15, 0.2) is 5.79 Å². The van der Waals surface area contributed by atoms with Crippen LogP contribution in [-0.4, -0.2) is 31.7 Å². The summed E-state index contributed by atoms with van der Waals surface area (Å²) in [6.07, 6.45) is 3.09. The van der Waals surface area contributed by atoms with Crippen molar-refractivity contribution in [2.45, 2.75) is 45.0 Å². The van der Waals surface area contributed by atoms with Gasteiger partial charge < -0.3 is 14.2 Å². The Labute approximate surface area is 163 Å². The van der Waals surface area contributed by atoms with Gasteiger partial charge in [-0.2, -0.15) is 0 Å². The quantitative estimate of drug-likeness (QED) is 0.568. The molecule has 0 amide bonds. The maximum Gasteiger partial charge on any atom is 0.163 e. The predicted molar refractivity (Wildman–Crippen MR) is 110 cm³/mol. The van der Waals surface area contributed by atoms with Gasteiger partial charge in [0, 0.05) is 13.2 Å². The Morgan fingerprint density at radius 2 is 1.74 bits per heavy atom. The lowest BCUT2D eigenvalue weighted by Crippen LogP contribution is -2.22. The van der Waals surface area contributed by atoms with Crippen molar-refractivity contribution in [2.75, 3.05) is 19.8 Å². The molecule has 2 aromatic rings. The highest BCUT2D eigenvalue weighted by Gasteiger charge is 2.32. The average Bonchev–Trinajstić information content (AvgIpc) is 3.04. The van der Waals surface area contributed by atoms with Gasteiger partial charge >= 0.3 is 0 Å². The molecule has 2 aromatic carbocycles. The van der Waals surface area contributed by atoms with Crippen LogP contribution in [0.2, 0.25) is 0 Å². The van der Waals surface area contributed by atoms with Crippen molar-refractivity contribution in [3.8, 4) is 0 Å². The minimum Gasteiger partial charge on any atom is -0.381 e. The van der Waals surface area contributed by atoms with Crippen molar-refractivity contribution in [2.24, 2.45) is 0 Å². The number of benzene rings is 2. The van der Waals surface area contributed by atoms with Crippen molar-refractivity contribution in [3.05, 3.63) is 77.9 Å². The van der Waals surface area contributed by atoms with E-state index in [1.165, 1.54) is 16.7 Å². The summed E-state index contributed by atoms with van der Waals surface area (Å²) >= 11 is 0. The maximum atomic E-state index is 5.78. The van der Waals surface area contributed by atoms with Crippen LogP contribution in [0.4, 0.5) is 0 Å². The molecule has 27 heavy (non-hydrogen) atoms. The zero-order valence-corrected chi connectivity index (χ0v) is 16.4. The fourth-order valence-electron chi connectivity index (χ4n) is 3.28. The second-order valence-corrected chi connectivity index (χ2v) is 7.50. The fraction of sp³-hybridized carbons (Fsp3) is 0.417. The summed E-state index contributed by atoms with van der Waals surface area (Å²) in [6, 6.07) is 19.0. The largest absolute Gasteiger partial charge is 0.381 e. The first kappa shape index (κ1) is 19.8. The van der Waals surface area contributed by atoms with Crippen LogP contribution in [0.25, 0.3) is 5.57 Å². The van der Waals surface area contributed by atoms with E-state index in [0.29, 0.717) is 6.61 Å². The van der Waals surface area contributed by atoms with Gasteiger partial charge in [0.1, 0.15) is 0 Å². The molecular formula is C24H30O3. The lowest BCUT2D eigenvalue weighted by Gasteiger charge is -2.17. The normalized spacial score (nSPS) is 18.5. The summed E-state index contributed by atoms with van der Waals surface area (Å²) in [6.45, 7) is 10.3. The van der Waals surface area contributed by atoms with Gasteiger partial charge in [-0.25, -0.2) is 0 Å². The molecule has 0 bridgehead atoms. The molecule has 0 aromatic heterocycles. The smallest absolute Gasteiger partial charge is 0.163 e. The van der Waals surface area contributed by atoms with E-state index in [4.69, 9.17) is 14.2 Å². The fourth-order valence-corrected chi connectivity index (χ4v) is 3.28. The molecule has 1 heterocycles. The van der Waals surface area contributed by atoms with E-state index in [1.54, 1.807) is 0 Å². The van der Waals surface area contributed by atoms with E-state index in [0.717, 1.165) is 38.0 Å². The summed E-state index contributed by atoms with van der Waals surface area (Å²) in [5.74, 6) is -0.442. The van der Waals surface area contributed by atoms with Crippen LogP contribution in [0.5, 0.6) is 0 Å². The molecule has 0 saturated carbocycles. The minimum atomic E-state index is -0.442. The van der Waals surface area contributed by atoms with Crippen molar-refractivity contribution in [1.82, 2.24) is 0 Å². The third-order valence-electron chi connectivity index (χ3n) is 4.83. The van der Waals surface area contributed by atoms with E-state index < -0.39 is 5.79 Å². The lowest BCUT2D eigenvalue weighted by atomic mass is 9.98. The van der Waals surface area contributed by atoms with Crippen LogP contribution in [0.1, 0.15) is 43.4 Å². The molecule has 3 nitrogen and oxygen atoms in total. The lowest BCUT2D eigenvalue weighted by molar-refractivity contribution is -0.140. The molecule has 1 unspecified atom stereocenters. The van der Waals surface area contributed by atoms with Gasteiger partial charge in [-0.3, -0.25) is 0 Å². The molecule has 1 fully saturated rings. The van der Waals surface area contributed by atoms with Crippen LogP contribution >= 0.6 is 0 Å². The Kier molecular flexibility index (Phi) is 6.84. The molecule has 1 atom stereocenters. The van der Waals surface area contributed by atoms with Gasteiger partial charge in [0.2, 0.25) is 0 Å². The van der Waals surface area contributed by atoms with Crippen LogP contribution in [0.15, 0.2) is 61.2 Å². The highest BCUT2D eigenvalue weighted by atomic mass is 16.7. The highest BCUT2D eigenvalue weighted by molar-refractivity contribution is 5.77. The molecule has 3 rings (SSSR count). The maximum absolute atomic E-state index is 5.78. The Morgan fingerprint density at radius 3 is 2.41 bits per heavy atom. The molecule has 3 heteroatoms. The molecule has 0 N–H and O–H groups in total.